The molecule has 1 aromatic rings. The molecule has 0 spiro atoms. The number of nitrogens with one attached hydrogen (secondary N) is 2. The molecule has 0 aromatic carbocycles. The molecule has 1 fully saturated rings. The van der Waals surface area contributed by atoms with Gasteiger partial charge in [0.1, 0.15) is 0 Å². The maximum absolute atomic E-state index is 11.8. The lowest BCUT2D eigenvalue weighted by Crippen LogP contribution is -2.32. The van der Waals surface area contributed by atoms with E-state index in [2.05, 4.69) is 15.0 Å². The van der Waals surface area contributed by atoms with Crippen molar-refractivity contribution in [2.75, 3.05) is 18.8 Å². The van der Waals surface area contributed by atoms with Crippen molar-refractivity contribution in [3.63, 3.8) is 0 Å². The molecular weight excluding hydrogens is 262 g/mol. The third-order valence-electron chi connectivity index (χ3n) is 3.33. The standard InChI is InChI=1S/C13H21N3O2S/c17-19(18,11-7-13-4-1-2-8-14-13)16-10-6-12-5-3-9-15-12/h1-2,4,8,12,15-16H,3,5-7,9-11H2/t12-/m0/s1. The fourth-order valence-electron chi connectivity index (χ4n) is 2.25. The van der Waals surface area contributed by atoms with Gasteiger partial charge >= 0.3 is 0 Å². The average Bonchev–Trinajstić information content (AvgIpc) is 2.91. The second-order valence-electron chi connectivity index (χ2n) is 4.87. The predicted molar refractivity (Wildman–Crippen MR) is 75.4 cm³/mol. The van der Waals surface area contributed by atoms with Crippen LogP contribution in [0.4, 0.5) is 0 Å². The van der Waals surface area contributed by atoms with E-state index in [1.165, 1.54) is 6.42 Å². The number of hydrogen-bond acceptors (Lipinski definition) is 4. The largest absolute Gasteiger partial charge is 0.314 e. The Kier molecular flexibility index (Phi) is 5.30. The van der Waals surface area contributed by atoms with Gasteiger partial charge in [-0.25, -0.2) is 13.1 Å². The SMILES string of the molecule is O=S(=O)(CCc1ccccn1)NCC[C@@H]1CCCN1. The van der Waals surface area contributed by atoms with Crippen LogP contribution in [0.15, 0.2) is 24.4 Å². The van der Waals surface area contributed by atoms with Crippen LogP contribution in [0.25, 0.3) is 0 Å². The highest BCUT2D eigenvalue weighted by atomic mass is 32.2. The van der Waals surface area contributed by atoms with Crippen molar-refractivity contribution in [2.45, 2.75) is 31.7 Å². The summed E-state index contributed by atoms with van der Waals surface area (Å²) < 4.78 is 26.3. The number of aryl methyl sites for hydroxylation is 1. The van der Waals surface area contributed by atoms with Crippen molar-refractivity contribution >= 4 is 10.0 Å². The lowest BCUT2D eigenvalue weighted by Gasteiger charge is -2.11. The van der Waals surface area contributed by atoms with Gasteiger partial charge in [0.15, 0.2) is 0 Å². The van der Waals surface area contributed by atoms with Crippen molar-refractivity contribution in [1.29, 1.82) is 0 Å². The minimum atomic E-state index is -3.19. The van der Waals surface area contributed by atoms with Crippen LogP contribution in [-0.4, -0.2) is 38.3 Å². The number of hydrogen-bond donors (Lipinski definition) is 2. The first-order chi connectivity index (χ1) is 9.16. The Morgan fingerprint density at radius 2 is 2.32 bits per heavy atom. The lowest BCUT2D eigenvalue weighted by atomic mass is 10.2. The molecule has 1 atom stereocenters. The van der Waals surface area contributed by atoms with E-state index in [9.17, 15) is 8.42 Å². The Balaban J connectivity index is 1.69. The number of pyridine rings is 1. The molecule has 1 aromatic heterocycles. The Morgan fingerprint density at radius 1 is 1.42 bits per heavy atom. The van der Waals surface area contributed by atoms with Gasteiger partial charge in [0.05, 0.1) is 5.75 Å². The van der Waals surface area contributed by atoms with Crippen LogP contribution in [-0.2, 0) is 16.4 Å². The van der Waals surface area contributed by atoms with E-state index >= 15 is 0 Å². The molecule has 2 rings (SSSR count). The first kappa shape index (κ1) is 14.4. The Hall–Kier alpha value is -0.980. The normalized spacial score (nSPS) is 19.7. The van der Waals surface area contributed by atoms with E-state index in [0.29, 0.717) is 19.0 Å². The van der Waals surface area contributed by atoms with E-state index in [1.54, 1.807) is 6.20 Å². The van der Waals surface area contributed by atoms with Gasteiger partial charge in [-0.1, -0.05) is 6.07 Å². The summed E-state index contributed by atoms with van der Waals surface area (Å²) in [5.74, 6) is 0.0993. The summed E-state index contributed by atoms with van der Waals surface area (Å²) in [5, 5.41) is 3.36. The van der Waals surface area contributed by atoms with E-state index in [4.69, 9.17) is 0 Å². The Labute approximate surface area is 114 Å². The zero-order valence-electron chi connectivity index (χ0n) is 11.0. The quantitative estimate of drug-likeness (QED) is 0.772. The van der Waals surface area contributed by atoms with E-state index in [-0.39, 0.29) is 5.75 Å². The van der Waals surface area contributed by atoms with Crippen LogP contribution in [0.3, 0.4) is 0 Å². The summed E-state index contributed by atoms with van der Waals surface area (Å²) >= 11 is 0. The predicted octanol–water partition coefficient (Wildman–Crippen LogP) is 0.686. The fourth-order valence-corrected chi connectivity index (χ4v) is 3.30. The molecule has 1 saturated heterocycles. The molecule has 6 heteroatoms. The smallest absolute Gasteiger partial charge is 0.211 e. The maximum Gasteiger partial charge on any atom is 0.211 e. The van der Waals surface area contributed by atoms with Gasteiger partial charge in [0, 0.05) is 30.9 Å². The van der Waals surface area contributed by atoms with Crippen molar-refractivity contribution in [3.05, 3.63) is 30.1 Å². The van der Waals surface area contributed by atoms with Gasteiger partial charge in [-0.2, -0.15) is 0 Å². The van der Waals surface area contributed by atoms with Crippen LogP contribution in [0, 0.1) is 0 Å². The minimum Gasteiger partial charge on any atom is -0.314 e. The third-order valence-corrected chi connectivity index (χ3v) is 4.72. The summed E-state index contributed by atoms with van der Waals surface area (Å²) in [7, 11) is -3.19. The molecule has 2 heterocycles. The second kappa shape index (κ2) is 6.98. The number of sulfonamides is 1. The van der Waals surface area contributed by atoms with Crippen LogP contribution in [0.1, 0.15) is 25.0 Å². The molecule has 5 nitrogen and oxygen atoms in total. The maximum atomic E-state index is 11.8. The molecule has 0 unspecified atom stereocenters. The van der Waals surface area contributed by atoms with Gasteiger partial charge in [0.25, 0.3) is 0 Å². The van der Waals surface area contributed by atoms with Gasteiger partial charge in [-0.15, -0.1) is 0 Å². The van der Waals surface area contributed by atoms with E-state index in [1.807, 2.05) is 18.2 Å². The summed E-state index contributed by atoms with van der Waals surface area (Å²) in [6.45, 7) is 1.57. The van der Waals surface area contributed by atoms with Gasteiger partial charge in [-0.3, -0.25) is 4.98 Å². The summed E-state index contributed by atoms with van der Waals surface area (Å²) in [6.07, 6.45) is 5.34. The lowest BCUT2D eigenvalue weighted by molar-refractivity contribution is 0.539. The zero-order chi connectivity index (χ0) is 13.6. The Bertz CT molecular complexity index is 470. The molecule has 2 N–H and O–H groups in total. The molecule has 1 aliphatic heterocycles. The van der Waals surface area contributed by atoms with Crippen LogP contribution in [0.5, 0.6) is 0 Å². The molecule has 106 valence electrons. The van der Waals surface area contributed by atoms with Crippen molar-refractivity contribution in [1.82, 2.24) is 15.0 Å². The van der Waals surface area contributed by atoms with Crippen LogP contribution < -0.4 is 10.0 Å². The summed E-state index contributed by atoms with van der Waals surface area (Å²) in [5.41, 5.74) is 0.810. The topological polar surface area (TPSA) is 71.1 Å². The number of rotatable bonds is 7. The second-order valence-corrected chi connectivity index (χ2v) is 6.79. The molecule has 0 aliphatic carbocycles. The Morgan fingerprint density at radius 3 is 3.00 bits per heavy atom. The number of nitrogens with zero attached hydrogens (tertiary/aromatic N) is 1. The van der Waals surface area contributed by atoms with Crippen molar-refractivity contribution < 1.29 is 8.42 Å². The molecule has 1 aliphatic rings. The summed E-state index contributed by atoms with van der Waals surface area (Å²) in [6, 6.07) is 6.01. The van der Waals surface area contributed by atoms with Crippen LogP contribution >= 0.6 is 0 Å². The first-order valence-corrected chi connectivity index (χ1v) is 8.41. The minimum absolute atomic E-state index is 0.0993. The van der Waals surface area contributed by atoms with Gasteiger partial charge < -0.3 is 5.32 Å². The van der Waals surface area contributed by atoms with Gasteiger partial charge in [0.2, 0.25) is 10.0 Å². The third kappa shape index (κ3) is 5.26. The highest BCUT2D eigenvalue weighted by Gasteiger charge is 2.15. The molecular formula is C13H21N3O2S. The highest BCUT2D eigenvalue weighted by molar-refractivity contribution is 7.89. The monoisotopic (exact) mass is 283 g/mol. The molecule has 0 amide bonds. The van der Waals surface area contributed by atoms with Crippen LogP contribution in [0.2, 0.25) is 0 Å². The van der Waals surface area contributed by atoms with E-state index in [0.717, 1.165) is 25.1 Å². The number of aromatic nitrogens is 1. The molecule has 19 heavy (non-hydrogen) atoms. The summed E-state index contributed by atoms with van der Waals surface area (Å²) in [4.78, 5) is 4.12. The molecule has 0 bridgehead atoms. The highest BCUT2D eigenvalue weighted by Crippen LogP contribution is 2.07. The first-order valence-electron chi connectivity index (χ1n) is 6.76. The molecule has 0 saturated carbocycles. The fraction of sp³-hybridized carbons (Fsp3) is 0.615. The van der Waals surface area contributed by atoms with E-state index < -0.39 is 10.0 Å². The molecule has 0 radical (unpaired) electrons. The van der Waals surface area contributed by atoms with Crippen molar-refractivity contribution in [3.8, 4) is 0 Å². The van der Waals surface area contributed by atoms with Crippen molar-refractivity contribution in [2.24, 2.45) is 0 Å². The zero-order valence-corrected chi connectivity index (χ0v) is 11.8. The average molecular weight is 283 g/mol. The van der Waals surface area contributed by atoms with Gasteiger partial charge in [-0.05, 0) is 37.9 Å².